The minimum atomic E-state index is -0.311. The maximum absolute atomic E-state index is 12.8. The van der Waals surface area contributed by atoms with Crippen LogP contribution in [-0.2, 0) is 9.59 Å². The molecule has 8 nitrogen and oxygen atoms in total. The molecular weight excluding hydrogens is 382 g/mol. The summed E-state index contributed by atoms with van der Waals surface area (Å²) in [7, 11) is 1.67. The highest BCUT2D eigenvalue weighted by Crippen LogP contribution is 2.23. The number of nitrogens with zero attached hydrogens (tertiary/aromatic N) is 4. The Labute approximate surface area is 168 Å². The van der Waals surface area contributed by atoms with Crippen molar-refractivity contribution in [2.24, 2.45) is 0 Å². The van der Waals surface area contributed by atoms with E-state index in [1.54, 1.807) is 43.1 Å². The fraction of sp³-hybridized carbons (Fsp3) is 0.368. The van der Waals surface area contributed by atoms with Gasteiger partial charge >= 0.3 is 0 Å². The monoisotopic (exact) mass is 403 g/mol. The van der Waals surface area contributed by atoms with E-state index >= 15 is 0 Å². The lowest BCUT2D eigenvalue weighted by Crippen LogP contribution is -2.42. The Bertz CT molecular complexity index is 890. The highest BCUT2D eigenvalue weighted by molar-refractivity contribution is 6.31. The summed E-state index contributed by atoms with van der Waals surface area (Å²) in [6.45, 7) is 3.85. The Morgan fingerprint density at radius 1 is 1.29 bits per heavy atom. The minimum absolute atomic E-state index is 0.00336. The molecule has 0 atom stereocenters. The Balaban J connectivity index is 2.00. The lowest BCUT2D eigenvalue weighted by Gasteiger charge is -2.25. The fourth-order valence-electron chi connectivity index (χ4n) is 2.58. The van der Waals surface area contributed by atoms with Gasteiger partial charge in [-0.3, -0.25) is 14.5 Å². The molecule has 0 aliphatic heterocycles. The van der Waals surface area contributed by atoms with Gasteiger partial charge in [0.1, 0.15) is 5.76 Å². The number of nitrogens with one attached hydrogen (secondary N) is 1. The van der Waals surface area contributed by atoms with Gasteiger partial charge in [-0.05, 0) is 44.7 Å². The molecule has 1 aromatic heterocycles. The normalized spacial score (nSPS) is 10.6. The van der Waals surface area contributed by atoms with E-state index in [2.05, 4.69) is 16.5 Å². The molecule has 0 fully saturated rings. The van der Waals surface area contributed by atoms with Crippen molar-refractivity contribution in [1.29, 1.82) is 5.26 Å². The molecule has 0 saturated heterocycles. The molecule has 0 spiro atoms. The van der Waals surface area contributed by atoms with E-state index in [0.717, 1.165) is 5.56 Å². The van der Waals surface area contributed by atoms with Crippen molar-refractivity contribution in [2.75, 3.05) is 36.9 Å². The van der Waals surface area contributed by atoms with Gasteiger partial charge in [-0.25, -0.2) is 0 Å². The van der Waals surface area contributed by atoms with E-state index < -0.39 is 0 Å². The van der Waals surface area contributed by atoms with E-state index in [1.165, 1.54) is 4.90 Å². The molecular formula is C19H22ClN5O3. The van der Waals surface area contributed by atoms with E-state index in [0.29, 0.717) is 22.3 Å². The summed E-state index contributed by atoms with van der Waals surface area (Å²) in [5.41, 5.74) is 1.50. The topological polar surface area (TPSA) is 102 Å². The van der Waals surface area contributed by atoms with Crippen LogP contribution in [-0.4, -0.2) is 48.6 Å². The third-order valence-corrected chi connectivity index (χ3v) is 4.34. The Kier molecular flexibility index (Phi) is 7.55. The first-order valence-corrected chi connectivity index (χ1v) is 9.03. The summed E-state index contributed by atoms with van der Waals surface area (Å²) in [5, 5.41) is 15.8. The Hall–Kier alpha value is -2.89. The number of likely N-dealkylation sites (N-methyl/N-ethyl adjacent to an activating group) is 1. The molecule has 0 aliphatic rings. The first-order chi connectivity index (χ1) is 13.3. The zero-order chi connectivity index (χ0) is 20.7. The first kappa shape index (κ1) is 21.4. The van der Waals surface area contributed by atoms with Gasteiger partial charge in [0.25, 0.3) is 0 Å². The lowest BCUT2D eigenvalue weighted by atomic mass is 10.2. The fourth-order valence-corrected chi connectivity index (χ4v) is 2.70. The molecule has 2 aromatic rings. The zero-order valence-corrected chi connectivity index (χ0v) is 16.8. The largest absolute Gasteiger partial charge is 0.360 e. The van der Waals surface area contributed by atoms with E-state index in [4.69, 9.17) is 21.4 Å². The number of aryl methyl sites for hydroxylation is 2. The summed E-state index contributed by atoms with van der Waals surface area (Å²) in [6.07, 6.45) is 0.198. The molecule has 0 aliphatic carbocycles. The second kappa shape index (κ2) is 9.88. The average molecular weight is 404 g/mol. The van der Waals surface area contributed by atoms with Crippen LogP contribution in [0, 0.1) is 25.2 Å². The first-order valence-electron chi connectivity index (χ1n) is 8.65. The minimum Gasteiger partial charge on any atom is -0.360 e. The van der Waals surface area contributed by atoms with Crippen LogP contribution in [0.4, 0.5) is 11.5 Å². The van der Waals surface area contributed by atoms with E-state index in [1.807, 2.05) is 6.92 Å². The van der Waals surface area contributed by atoms with Crippen molar-refractivity contribution in [3.05, 3.63) is 40.6 Å². The second-order valence-electron chi connectivity index (χ2n) is 6.43. The maximum atomic E-state index is 12.8. The number of hydrogen-bond acceptors (Lipinski definition) is 6. The van der Waals surface area contributed by atoms with E-state index in [-0.39, 0.29) is 37.9 Å². The smallest absolute Gasteiger partial charge is 0.241 e. The van der Waals surface area contributed by atoms with Crippen LogP contribution in [0.25, 0.3) is 0 Å². The number of amides is 2. The Morgan fingerprint density at radius 3 is 2.64 bits per heavy atom. The summed E-state index contributed by atoms with van der Waals surface area (Å²) in [4.78, 5) is 28.0. The summed E-state index contributed by atoms with van der Waals surface area (Å²) in [5.74, 6) is 0.388. The van der Waals surface area contributed by atoms with Gasteiger partial charge < -0.3 is 14.7 Å². The van der Waals surface area contributed by atoms with Crippen molar-refractivity contribution >= 4 is 34.9 Å². The van der Waals surface area contributed by atoms with Crippen molar-refractivity contribution in [2.45, 2.75) is 20.3 Å². The summed E-state index contributed by atoms with van der Waals surface area (Å²) < 4.78 is 4.90. The molecule has 2 amide bonds. The van der Waals surface area contributed by atoms with Crippen LogP contribution in [0.5, 0.6) is 0 Å². The lowest BCUT2D eigenvalue weighted by molar-refractivity contribution is -0.121. The second-order valence-corrected chi connectivity index (χ2v) is 6.84. The van der Waals surface area contributed by atoms with Gasteiger partial charge in [0.15, 0.2) is 5.82 Å². The highest BCUT2D eigenvalue weighted by atomic mass is 35.5. The molecule has 0 bridgehead atoms. The third-order valence-electron chi connectivity index (χ3n) is 3.92. The number of aromatic nitrogens is 1. The molecule has 9 heteroatoms. The summed E-state index contributed by atoms with van der Waals surface area (Å²) >= 11 is 6.06. The van der Waals surface area contributed by atoms with Crippen LogP contribution in [0.2, 0.25) is 5.02 Å². The maximum Gasteiger partial charge on any atom is 0.241 e. The summed E-state index contributed by atoms with van der Waals surface area (Å²) in [6, 6.07) is 8.92. The standard InChI is InChI=1S/C19H22ClN5O3/c1-13-9-15(5-6-16(13)20)25(8-4-7-21)19(27)12-24(3)11-18(26)22-17-10-14(2)28-23-17/h5-6,9-10H,4,8,11-12H2,1-3H3,(H,22,23,26). The van der Waals surface area contributed by atoms with Gasteiger partial charge in [-0.2, -0.15) is 5.26 Å². The number of carbonyl (C=O) groups is 2. The number of halogens is 1. The van der Waals surface area contributed by atoms with Crippen LogP contribution < -0.4 is 10.2 Å². The van der Waals surface area contributed by atoms with Gasteiger partial charge in [0.05, 0.1) is 25.6 Å². The predicted molar refractivity (Wildman–Crippen MR) is 106 cm³/mol. The number of anilines is 2. The highest BCUT2D eigenvalue weighted by Gasteiger charge is 2.19. The SMILES string of the molecule is Cc1cc(NC(=O)CN(C)CC(=O)N(CCC#N)c2ccc(Cl)c(C)c2)no1. The number of benzene rings is 1. The number of hydrogen-bond donors (Lipinski definition) is 1. The van der Waals surface area contributed by atoms with Crippen LogP contribution >= 0.6 is 11.6 Å². The quantitative estimate of drug-likeness (QED) is 0.727. The molecule has 0 unspecified atom stereocenters. The number of nitriles is 1. The predicted octanol–water partition coefficient (Wildman–Crippen LogP) is 2.76. The van der Waals surface area contributed by atoms with Gasteiger partial charge in [-0.15, -0.1) is 0 Å². The molecule has 0 saturated carbocycles. The molecule has 1 N–H and O–H groups in total. The third kappa shape index (κ3) is 6.08. The van der Waals surface area contributed by atoms with Crippen molar-refractivity contribution in [3.63, 3.8) is 0 Å². The van der Waals surface area contributed by atoms with Gasteiger partial charge in [0, 0.05) is 23.3 Å². The van der Waals surface area contributed by atoms with Crippen molar-refractivity contribution in [3.8, 4) is 6.07 Å². The number of rotatable bonds is 8. The molecule has 2 rings (SSSR count). The number of carbonyl (C=O) groups excluding carboxylic acids is 2. The average Bonchev–Trinajstić information content (AvgIpc) is 3.02. The van der Waals surface area contributed by atoms with Crippen LogP contribution in [0.3, 0.4) is 0 Å². The molecule has 1 aromatic carbocycles. The van der Waals surface area contributed by atoms with Crippen LogP contribution in [0.1, 0.15) is 17.7 Å². The van der Waals surface area contributed by atoms with Gasteiger partial charge in [-0.1, -0.05) is 16.8 Å². The van der Waals surface area contributed by atoms with E-state index in [9.17, 15) is 9.59 Å². The van der Waals surface area contributed by atoms with Crippen molar-refractivity contribution < 1.29 is 14.1 Å². The molecule has 1 heterocycles. The molecule has 28 heavy (non-hydrogen) atoms. The molecule has 0 radical (unpaired) electrons. The van der Waals surface area contributed by atoms with Crippen LogP contribution in [0.15, 0.2) is 28.8 Å². The zero-order valence-electron chi connectivity index (χ0n) is 16.0. The molecule has 148 valence electrons. The van der Waals surface area contributed by atoms with Crippen molar-refractivity contribution in [1.82, 2.24) is 10.1 Å². The van der Waals surface area contributed by atoms with Gasteiger partial charge in [0.2, 0.25) is 11.8 Å². The Morgan fingerprint density at radius 2 is 2.04 bits per heavy atom.